The fourth-order valence-electron chi connectivity index (χ4n) is 3.38. The van der Waals surface area contributed by atoms with Gasteiger partial charge in [-0.05, 0) is 45.7 Å². The van der Waals surface area contributed by atoms with Crippen LogP contribution < -0.4 is 5.32 Å². The number of likely N-dealkylation sites (N-methyl/N-ethyl adjacent to an activating group) is 1. The van der Waals surface area contributed by atoms with Gasteiger partial charge in [-0.2, -0.15) is 0 Å². The Morgan fingerprint density at radius 2 is 2.05 bits per heavy atom. The molecule has 110 valence electrons. The lowest BCUT2D eigenvalue weighted by Crippen LogP contribution is -2.51. The van der Waals surface area contributed by atoms with Gasteiger partial charge in [-0.1, -0.05) is 12.8 Å². The van der Waals surface area contributed by atoms with Crippen LogP contribution in [-0.4, -0.2) is 50.2 Å². The van der Waals surface area contributed by atoms with Crippen LogP contribution in [0.15, 0.2) is 0 Å². The predicted octanol–water partition coefficient (Wildman–Crippen LogP) is 1.79. The third-order valence-corrected chi connectivity index (χ3v) is 4.83. The molecule has 2 aliphatic rings. The number of carbonyl (C=O) groups excluding carboxylic acids is 1. The summed E-state index contributed by atoms with van der Waals surface area (Å²) in [6.45, 7) is 2.42. The molecule has 1 N–H and O–H groups in total. The summed E-state index contributed by atoms with van der Waals surface area (Å²) in [5, 5.41) is 3.16. The van der Waals surface area contributed by atoms with Gasteiger partial charge in [0.25, 0.3) is 0 Å². The van der Waals surface area contributed by atoms with Gasteiger partial charge < -0.3 is 15.0 Å². The molecule has 0 aromatic heterocycles. The van der Waals surface area contributed by atoms with Gasteiger partial charge >= 0.3 is 0 Å². The molecule has 1 amide bonds. The molecule has 4 heteroatoms. The van der Waals surface area contributed by atoms with E-state index in [1.807, 2.05) is 0 Å². The van der Waals surface area contributed by atoms with E-state index < -0.39 is 0 Å². The van der Waals surface area contributed by atoms with Gasteiger partial charge in [-0.3, -0.25) is 4.79 Å². The van der Waals surface area contributed by atoms with Crippen molar-refractivity contribution < 1.29 is 9.53 Å². The molecule has 1 saturated heterocycles. The molecule has 1 atom stereocenters. The van der Waals surface area contributed by atoms with Crippen LogP contribution in [0.2, 0.25) is 0 Å². The Bertz CT molecular complexity index is 293. The van der Waals surface area contributed by atoms with Crippen molar-refractivity contribution >= 4 is 5.91 Å². The second-order valence-electron chi connectivity index (χ2n) is 6.39. The third-order valence-electron chi connectivity index (χ3n) is 4.83. The van der Waals surface area contributed by atoms with Gasteiger partial charge in [0.15, 0.2) is 0 Å². The fraction of sp³-hybridized carbons (Fsp3) is 0.933. The number of ether oxygens (including phenoxy) is 1. The van der Waals surface area contributed by atoms with Gasteiger partial charge in [0, 0.05) is 31.7 Å². The maximum absolute atomic E-state index is 12.0. The third kappa shape index (κ3) is 3.93. The van der Waals surface area contributed by atoms with Crippen molar-refractivity contribution in [2.24, 2.45) is 5.92 Å². The van der Waals surface area contributed by atoms with Gasteiger partial charge in [-0.25, -0.2) is 0 Å². The highest BCUT2D eigenvalue weighted by molar-refractivity contribution is 5.76. The van der Waals surface area contributed by atoms with E-state index in [1.54, 1.807) is 0 Å². The van der Waals surface area contributed by atoms with Crippen molar-refractivity contribution in [2.45, 2.75) is 50.5 Å². The molecule has 0 spiro atoms. The van der Waals surface area contributed by atoms with Crippen molar-refractivity contribution in [3.8, 4) is 0 Å². The van der Waals surface area contributed by atoms with Crippen LogP contribution >= 0.6 is 0 Å². The van der Waals surface area contributed by atoms with Crippen molar-refractivity contribution in [1.82, 2.24) is 10.2 Å². The SMILES string of the molecule is CN(C)C1(CNC(=O)CC2CCCOC2)CCCC1. The van der Waals surface area contributed by atoms with Crippen LogP contribution in [-0.2, 0) is 9.53 Å². The molecular weight excluding hydrogens is 240 g/mol. The Hall–Kier alpha value is -0.610. The summed E-state index contributed by atoms with van der Waals surface area (Å²) < 4.78 is 5.43. The largest absolute Gasteiger partial charge is 0.381 e. The molecule has 1 aliphatic heterocycles. The normalized spacial score (nSPS) is 26.6. The fourth-order valence-corrected chi connectivity index (χ4v) is 3.38. The van der Waals surface area contributed by atoms with Crippen molar-refractivity contribution in [3.63, 3.8) is 0 Å². The zero-order chi connectivity index (χ0) is 13.7. The number of hydrogen-bond donors (Lipinski definition) is 1. The quantitative estimate of drug-likeness (QED) is 0.826. The number of nitrogens with one attached hydrogen (secondary N) is 1. The molecule has 0 aromatic rings. The monoisotopic (exact) mass is 268 g/mol. The van der Waals surface area contributed by atoms with E-state index in [2.05, 4.69) is 24.3 Å². The summed E-state index contributed by atoms with van der Waals surface area (Å²) >= 11 is 0. The second kappa shape index (κ2) is 6.71. The molecule has 0 bridgehead atoms. The summed E-state index contributed by atoms with van der Waals surface area (Å²) in [7, 11) is 4.26. The summed E-state index contributed by atoms with van der Waals surface area (Å²) in [4.78, 5) is 14.3. The molecule has 1 saturated carbocycles. The summed E-state index contributed by atoms with van der Waals surface area (Å²) in [5.74, 6) is 0.622. The number of hydrogen-bond acceptors (Lipinski definition) is 3. The smallest absolute Gasteiger partial charge is 0.220 e. The van der Waals surface area contributed by atoms with Crippen LogP contribution in [0.5, 0.6) is 0 Å². The molecule has 2 fully saturated rings. The Balaban J connectivity index is 1.75. The van der Waals surface area contributed by atoms with Crippen LogP contribution in [0.1, 0.15) is 44.9 Å². The summed E-state index contributed by atoms with van der Waals surface area (Å²) in [5.41, 5.74) is 0.193. The Morgan fingerprint density at radius 3 is 2.63 bits per heavy atom. The van der Waals surface area contributed by atoms with Gasteiger partial charge in [0.05, 0.1) is 0 Å². The van der Waals surface area contributed by atoms with E-state index in [9.17, 15) is 4.79 Å². The number of rotatable bonds is 5. The highest BCUT2D eigenvalue weighted by Gasteiger charge is 2.36. The van der Waals surface area contributed by atoms with Crippen molar-refractivity contribution in [2.75, 3.05) is 33.9 Å². The van der Waals surface area contributed by atoms with E-state index in [-0.39, 0.29) is 11.4 Å². The standard InChI is InChI=1S/C15H28N2O2/c1-17(2)15(7-3-4-8-15)12-16-14(18)10-13-6-5-9-19-11-13/h13H,3-12H2,1-2H3,(H,16,18). The first-order valence-electron chi connectivity index (χ1n) is 7.64. The van der Waals surface area contributed by atoms with E-state index in [4.69, 9.17) is 4.74 Å². The lowest BCUT2D eigenvalue weighted by atomic mass is 9.95. The molecule has 0 radical (unpaired) electrons. The van der Waals surface area contributed by atoms with E-state index in [0.717, 1.165) is 32.6 Å². The van der Waals surface area contributed by atoms with Crippen LogP contribution in [0, 0.1) is 5.92 Å². The van der Waals surface area contributed by atoms with Gasteiger partial charge in [0.2, 0.25) is 5.91 Å². The van der Waals surface area contributed by atoms with E-state index >= 15 is 0 Å². The number of amides is 1. The number of carbonyl (C=O) groups is 1. The highest BCUT2D eigenvalue weighted by Crippen LogP contribution is 2.33. The van der Waals surface area contributed by atoms with E-state index in [1.165, 1.54) is 25.7 Å². The number of nitrogens with zero attached hydrogens (tertiary/aromatic N) is 1. The van der Waals surface area contributed by atoms with Crippen molar-refractivity contribution in [3.05, 3.63) is 0 Å². The molecular formula is C15H28N2O2. The lowest BCUT2D eigenvalue weighted by molar-refractivity contribution is -0.123. The molecule has 0 aromatic carbocycles. The molecule has 19 heavy (non-hydrogen) atoms. The summed E-state index contributed by atoms with van der Waals surface area (Å²) in [6.07, 6.45) is 7.82. The maximum Gasteiger partial charge on any atom is 0.220 e. The minimum atomic E-state index is 0.193. The molecule has 1 aliphatic carbocycles. The second-order valence-corrected chi connectivity index (χ2v) is 6.39. The highest BCUT2D eigenvalue weighted by atomic mass is 16.5. The van der Waals surface area contributed by atoms with Crippen LogP contribution in [0.4, 0.5) is 0 Å². The predicted molar refractivity (Wildman–Crippen MR) is 76.1 cm³/mol. The molecule has 1 heterocycles. The maximum atomic E-state index is 12.0. The summed E-state index contributed by atoms with van der Waals surface area (Å²) in [6, 6.07) is 0. The Kier molecular flexibility index (Phi) is 5.22. The topological polar surface area (TPSA) is 41.6 Å². The first-order chi connectivity index (χ1) is 9.12. The first kappa shape index (κ1) is 14.8. The lowest BCUT2D eigenvalue weighted by Gasteiger charge is -2.36. The average molecular weight is 268 g/mol. The van der Waals surface area contributed by atoms with Crippen LogP contribution in [0.3, 0.4) is 0 Å². The van der Waals surface area contributed by atoms with Gasteiger partial charge in [-0.15, -0.1) is 0 Å². The zero-order valence-electron chi connectivity index (χ0n) is 12.4. The average Bonchev–Trinajstić information content (AvgIpc) is 2.88. The molecule has 4 nitrogen and oxygen atoms in total. The molecule has 2 rings (SSSR count). The van der Waals surface area contributed by atoms with Crippen molar-refractivity contribution in [1.29, 1.82) is 0 Å². The minimum Gasteiger partial charge on any atom is -0.381 e. The Morgan fingerprint density at radius 1 is 1.32 bits per heavy atom. The van der Waals surface area contributed by atoms with E-state index in [0.29, 0.717) is 12.3 Å². The minimum absolute atomic E-state index is 0.193. The Labute approximate surface area is 116 Å². The zero-order valence-corrected chi connectivity index (χ0v) is 12.4. The first-order valence-corrected chi connectivity index (χ1v) is 7.64. The molecule has 1 unspecified atom stereocenters. The van der Waals surface area contributed by atoms with Crippen LogP contribution in [0.25, 0.3) is 0 Å². The van der Waals surface area contributed by atoms with Gasteiger partial charge in [0.1, 0.15) is 0 Å².